The van der Waals surface area contributed by atoms with Gasteiger partial charge < -0.3 is 19.4 Å². The lowest BCUT2D eigenvalue weighted by molar-refractivity contribution is 0.0365. The molecular formula is C25H30ClN3O2S. The molecule has 4 rings (SSSR count). The molecule has 1 aliphatic rings. The number of anilines is 1. The number of hydrogen-bond acceptors (Lipinski definition) is 4. The van der Waals surface area contributed by atoms with Gasteiger partial charge in [0, 0.05) is 42.3 Å². The maximum atomic E-state index is 6.32. The Bertz CT molecular complexity index is 1030. The molecule has 1 atom stereocenters. The summed E-state index contributed by atoms with van der Waals surface area (Å²) in [5, 5.41) is 5.92. The molecule has 3 aromatic rings. The maximum absolute atomic E-state index is 6.32. The van der Waals surface area contributed by atoms with Crippen molar-refractivity contribution in [3.05, 3.63) is 64.9 Å². The smallest absolute Gasteiger partial charge is 0.174 e. The Morgan fingerprint density at radius 1 is 1.19 bits per heavy atom. The van der Waals surface area contributed by atoms with E-state index in [1.165, 1.54) is 0 Å². The molecule has 1 aromatic heterocycles. The van der Waals surface area contributed by atoms with E-state index >= 15 is 0 Å². The number of morpholine rings is 1. The summed E-state index contributed by atoms with van der Waals surface area (Å²) in [5.74, 6) is 0.907. The van der Waals surface area contributed by atoms with Gasteiger partial charge in [0.2, 0.25) is 0 Å². The Kier molecular flexibility index (Phi) is 7.68. The van der Waals surface area contributed by atoms with Crippen LogP contribution >= 0.6 is 23.8 Å². The van der Waals surface area contributed by atoms with Crippen LogP contribution in [0.25, 0.3) is 11.0 Å². The number of ether oxygens (including phenoxy) is 1. The number of nitrogens with zero attached hydrogens (tertiary/aromatic N) is 2. The van der Waals surface area contributed by atoms with E-state index in [2.05, 4.69) is 34.2 Å². The zero-order chi connectivity index (χ0) is 22.5. The molecule has 1 aliphatic heterocycles. The van der Waals surface area contributed by atoms with Gasteiger partial charge in [0.25, 0.3) is 0 Å². The van der Waals surface area contributed by atoms with Gasteiger partial charge in [-0.25, -0.2) is 0 Å². The fraction of sp³-hybridized carbons (Fsp3) is 0.400. The van der Waals surface area contributed by atoms with E-state index in [1.54, 1.807) is 0 Å². The highest BCUT2D eigenvalue weighted by molar-refractivity contribution is 7.80. The first-order valence-corrected chi connectivity index (χ1v) is 11.9. The van der Waals surface area contributed by atoms with Crippen LogP contribution in [-0.2, 0) is 4.74 Å². The largest absolute Gasteiger partial charge is 0.459 e. The number of benzene rings is 2. The van der Waals surface area contributed by atoms with Crippen LogP contribution in [0.4, 0.5) is 5.69 Å². The van der Waals surface area contributed by atoms with Gasteiger partial charge in [0.1, 0.15) is 11.3 Å². The zero-order valence-electron chi connectivity index (χ0n) is 18.6. The zero-order valence-corrected chi connectivity index (χ0v) is 20.2. The molecule has 1 saturated heterocycles. The van der Waals surface area contributed by atoms with Crippen LogP contribution < -0.4 is 5.32 Å². The van der Waals surface area contributed by atoms with Crippen molar-refractivity contribution in [2.45, 2.75) is 26.3 Å². The summed E-state index contributed by atoms with van der Waals surface area (Å²) in [5.41, 5.74) is 2.81. The van der Waals surface area contributed by atoms with Gasteiger partial charge in [-0.1, -0.05) is 35.9 Å². The van der Waals surface area contributed by atoms with Crippen LogP contribution in [0.1, 0.15) is 30.7 Å². The molecule has 7 heteroatoms. The van der Waals surface area contributed by atoms with Gasteiger partial charge in [-0.3, -0.25) is 4.90 Å². The number of furan rings is 1. The first-order valence-electron chi connectivity index (χ1n) is 11.1. The summed E-state index contributed by atoms with van der Waals surface area (Å²) in [6.45, 7) is 9.59. The maximum Gasteiger partial charge on any atom is 0.174 e. The molecule has 0 saturated carbocycles. The fourth-order valence-electron chi connectivity index (χ4n) is 4.05. The Labute approximate surface area is 200 Å². The minimum atomic E-state index is -0.00780. The Hall–Kier alpha value is -2.12. The van der Waals surface area contributed by atoms with Crippen LogP contribution in [0.15, 0.2) is 52.9 Å². The van der Waals surface area contributed by atoms with Gasteiger partial charge in [-0.05, 0) is 62.3 Å². The van der Waals surface area contributed by atoms with Crippen molar-refractivity contribution >= 4 is 45.6 Å². The van der Waals surface area contributed by atoms with Crippen molar-refractivity contribution in [1.29, 1.82) is 0 Å². The first-order chi connectivity index (χ1) is 15.5. The lowest BCUT2D eigenvalue weighted by Crippen LogP contribution is -2.41. The quantitative estimate of drug-likeness (QED) is 0.434. The predicted octanol–water partition coefficient (Wildman–Crippen LogP) is 5.88. The summed E-state index contributed by atoms with van der Waals surface area (Å²) in [6, 6.07) is 16.0. The molecule has 1 N–H and O–H groups in total. The molecule has 0 radical (unpaired) electrons. The van der Waals surface area contributed by atoms with Crippen molar-refractivity contribution < 1.29 is 9.15 Å². The molecule has 0 unspecified atom stereocenters. The van der Waals surface area contributed by atoms with Gasteiger partial charge in [0.05, 0.1) is 19.3 Å². The van der Waals surface area contributed by atoms with E-state index in [9.17, 15) is 0 Å². The summed E-state index contributed by atoms with van der Waals surface area (Å²) in [6.07, 6.45) is 1.00. The summed E-state index contributed by atoms with van der Waals surface area (Å²) < 4.78 is 11.6. The van der Waals surface area contributed by atoms with E-state index in [0.29, 0.717) is 5.11 Å². The van der Waals surface area contributed by atoms with Gasteiger partial charge in [-0.2, -0.15) is 0 Å². The number of halogens is 1. The highest BCUT2D eigenvalue weighted by atomic mass is 35.5. The summed E-state index contributed by atoms with van der Waals surface area (Å²) in [4.78, 5) is 4.67. The Morgan fingerprint density at radius 2 is 1.97 bits per heavy atom. The molecule has 0 amide bonds. The van der Waals surface area contributed by atoms with Gasteiger partial charge in [0.15, 0.2) is 5.11 Å². The molecular weight excluding hydrogens is 442 g/mol. The second-order valence-electron chi connectivity index (χ2n) is 8.21. The van der Waals surface area contributed by atoms with E-state index in [0.717, 1.165) is 78.8 Å². The molecule has 0 aliphatic carbocycles. The number of rotatable bonds is 7. The third-order valence-corrected chi connectivity index (χ3v) is 6.82. The van der Waals surface area contributed by atoms with Gasteiger partial charge >= 0.3 is 0 Å². The van der Waals surface area contributed by atoms with E-state index in [4.69, 9.17) is 33.0 Å². The van der Waals surface area contributed by atoms with Crippen molar-refractivity contribution in [3.63, 3.8) is 0 Å². The minimum Gasteiger partial charge on any atom is -0.459 e. The molecule has 32 heavy (non-hydrogen) atoms. The van der Waals surface area contributed by atoms with Crippen LogP contribution in [0.3, 0.4) is 0 Å². The molecule has 5 nitrogen and oxygen atoms in total. The number of para-hydroxylation sites is 1. The second kappa shape index (κ2) is 10.7. The fourth-order valence-corrected chi connectivity index (χ4v) is 4.59. The van der Waals surface area contributed by atoms with E-state index < -0.39 is 0 Å². The number of thiocarbonyl (C=S) groups is 1. The normalized spacial score (nSPS) is 15.6. The number of fused-ring (bicyclic) bond motifs is 1. The highest BCUT2D eigenvalue weighted by Gasteiger charge is 2.23. The predicted molar refractivity (Wildman–Crippen MR) is 136 cm³/mol. The molecule has 2 heterocycles. The Balaban J connectivity index is 1.51. The lowest BCUT2D eigenvalue weighted by atomic mass is 10.1. The molecule has 0 spiro atoms. The third kappa shape index (κ3) is 5.44. The molecule has 170 valence electrons. The van der Waals surface area contributed by atoms with Gasteiger partial charge in [-0.15, -0.1) is 0 Å². The lowest BCUT2D eigenvalue weighted by Gasteiger charge is -2.33. The van der Waals surface area contributed by atoms with Crippen molar-refractivity contribution in [1.82, 2.24) is 9.80 Å². The topological polar surface area (TPSA) is 40.9 Å². The van der Waals surface area contributed by atoms with Crippen LogP contribution in [-0.4, -0.2) is 54.3 Å². The van der Waals surface area contributed by atoms with E-state index in [-0.39, 0.29) is 6.04 Å². The van der Waals surface area contributed by atoms with Crippen LogP contribution in [0.5, 0.6) is 0 Å². The highest BCUT2D eigenvalue weighted by Crippen LogP contribution is 2.29. The molecule has 2 aromatic carbocycles. The van der Waals surface area contributed by atoms with Crippen molar-refractivity contribution in [2.24, 2.45) is 0 Å². The average molecular weight is 472 g/mol. The second-order valence-corrected chi connectivity index (χ2v) is 9.00. The standard InChI is InChI=1S/C25H30ClN3O2S/c1-18-21(26)8-5-9-22(18)27-25(32)29(12-6-11-28-13-15-30-16-14-28)19(2)24-17-20-7-3-4-10-23(20)31-24/h3-5,7-10,17,19H,6,11-16H2,1-2H3,(H,27,32)/t19-/m1/s1. The number of hydrogen-bond donors (Lipinski definition) is 1. The van der Waals surface area contributed by atoms with E-state index in [1.807, 2.05) is 43.3 Å². The van der Waals surface area contributed by atoms with Crippen molar-refractivity contribution in [3.8, 4) is 0 Å². The summed E-state index contributed by atoms with van der Waals surface area (Å²) in [7, 11) is 0. The van der Waals surface area contributed by atoms with Crippen LogP contribution in [0, 0.1) is 6.92 Å². The molecule has 0 bridgehead atoms. The minimum absolute atomic E-state index is 0.00780. The summed E-state index contributed by atoms with van der Waals surface area (Å²) >= 11 is 12.2. The first kappa shape index (κ1) is 23.1. The number of nitrogens with one attached hydrogen (secondary N) is 1. The monoisotopic (exact) mass is 471 g/mol. The average Bonchev–Trinajstić information content (AvgIpc) is 3.24. The Morgan fingerprint density at radius 3 is 2.75 bits per heavy atom. The van der Waals surface area contributed by atoms with Crippen LogP contribution in [0.2, 0.25) is 5.02 Å². The van der Waals surface area contributed by atoms with Crippen molar-refractivity contribution in [2.75, 3.05) is 44.7 Å². The molecule has 1 fully saturated rings. The third-order valence-electron chi connectivity index (χ3n) is 6.07. The SMILES string of the molecule is Cc1c(Cl)cccc1NC(=S)N(CCCN1CCOCC1)[C@H](C)c1cc2ccccc2o1.